The summed E-state index contributed by atoms with van der Waals surface area (Å²) in [5.74, 6) is -0.0606. The highest BCUT2D eigenvalue weighted by Gasteiger charge is 2.28. The largest absolute Gasteiger partial charge is 0.453 e. The number of aryl methyl sites for hydroxylation is 1. The summed E-state index contributed by atoms with van der Waals surface area (Å²) < 4.78 is 4.55. The number of likely N-dealkylation sites (tertiary alicyclic amines) is 1. The number of anilines is 1. The fourth-order valence-corrected chi connectivity index (χ4v) is 2.41. The molecule has 108 valence electrons. The first-order valence-electron chi connectivity index (χ1n) is 6.50. The topological polar surface area (TPSA) is 84.7 Å². The summed E-state index contributed by atoms with van der Waals surface area (Å²) in [5, 5.41) is 2.71. The second-order valence-electron chi connectivity index (χ2n) is 5.01. The first kappa shape index (κ1) is 14.2. The zero-order chi connectivity index (χ0) is 14.7. The summed E-state index contributed by atoms with van der Waals surface area (Å²) in [6, 6.07) is 5.26. The standard InChI is InChI=1S/C14H19N3O3/c1-9-5-10(7-11(15)6-9)13(18)17-4-3-12(8-17)16-14(19)20-2/h5-7,12H,3-4,8,15H2,1-2H3,(H,16,19). The highest BCUT2D eigenvalue weighted by atomic mass is 16.5. The molecule has 20 heavy (non-hydrogen) atoms. The van der Waals surface area contributed by atoms with Crippen molar-refractivity contribution in [3.05, 3.63) is 29.3 Å². The molecule has 0 saturated carbocycles. The van der Waals surface area contributed by atoms with Gasteiger partial charge in [-0.3, -0.25) is 4.79 Å². The lowest BCUT2D eigenvalue weighted by molar-refractivity contribution is 0.0788. The number of ether oxygens (including phenoxy) is 1. The van der Waals surface area contributed by atoms with Gasteiger partial charge in [0.25, 0.3) is 5.91 Å². The van der Waals surface area contributed by atoms with Crippen LogP contribution in [0, 0.1) is 6.92 Å². The van der Waals surface area contributed by atoms with E-state index in [1.807, 2.05) is 19.1 Å². The minimum Gasteiger partial charge on any atom is -0.453 e. The van der Waals surface area contributed by atoms with Crippen LogP contribution in [0.25, 0.3) is 0 Å². The van der Waals surface area contributed by atoms with Crippen LogP contribution in [0.4, 0.5) is 10.5 Å². The molecule has 0 bridgehead atoms. The number of hydrogen-bond acceptors (Lipinski definition) is 4. The first-order valence-corrected chi connectivity index (χ1v) is 6.50. The van der Waals surface area contributed by atoms with Crippen molar-refractivity contribution < 1.29 is 14.3 Å². The predicted octanol–water partition coefficient (Wildman–Crippen LogP) is 1.15. The maximum Gasteiger partial charge on any atom is 0.407 e. The summed E-state index contributed by atoms with van der Waals surface area (Å²) in [5.41, 5.74) is 7.88. The minimum atomic E-state index is -0.468. The molecule has 2 rings (SSSR count). The van der Waals surface area contributed by atoms with E-state index in [0.717, 1.165) is 12.0 Å². The number of nitrogens with zero attached hydrogens (tertiary/aromatic N) is 1. The number of carbonyl (C=O) groups excluding carboxylic acids is 2. The second-order valence-corrected chi connectivity index (χ2v) is 5.01. The van der Waals surface area contributed by atoms with Gasteiger partial charge in [0.15, 0.2) is 0 Å². The van der Waals surface area contributed by atoms with Crippen LogP contribution in [0.2, 0.25) is 0 Å². The highest BCUT2D eigenvalue weighted by Crippen LogP contribution is 2.17. The molecule has 1 aromatic rings. The van der Waals surface area contributed by atoms with Gasteiger partial charge in [-0.15, -0.1) is 0 Å². The highest BCUT2D eigenvalue weighted by molar-refractivity contribution is 5.95. The number of alkyl carbamates (subject to hydrolysis) is 1. The molecule has 1 atom stereocenters. The fourth-order valence-electron chi connectivity index (χ4n) is 2.41. The van der Waals surface area contributed by atoms with Gasteiger partial charge < -0.3 is 20.7 Å². The Morgan fingerprint density at radius 3 is 2.80 bits per heavy atom. The van der Waals surface area contributed by atoms with Gasteiger partial charge in [0.05, 0.1) is 13.2 Å². The van der Waals surface area contributed by atoms with E-state index in [2.05, 4.69) is 10.1 Å². The molecule has 6 heteroatoms. The Morgan fingerprint density at radius 2 is 2.15 bits per heavy atom. The molecule has 0 aliphatic carbocycles. The van der Waals surface area contributed by atoms with Gasteiger partial charge in [-0.2, -0.15) is 0 Å². The summed E-state index contributed by atoms with van der Waals surface area (Å²) in [7, 11) is 1.32. The molecule has 1 saturated heterocycles. The molecular weight excluding hydrogens is 258 g/mol. The van der Waals surface area contributed by atoms with Crippen LogP contribution >= 0.6 is 0 Å². The van der Waals surface area contributed by atoms with Crippen molar-refractivity contribution in [1.82, 2.24) is 10.2 Å². The first-order chi connectivity index (χ1) is 9.49. The molecule has 0 radical (unpaired) electrons. The van der Waals surface area contributed by atoms with E-state index < -0.39 is 6.09 Å². The lowest BCUT2D eigenvalue weighted by atomic mass is 10.1. The average Bonchev–Trinajstić information content (AvgIpc) is 2.85. The Morgan fingerprint density at radius 1 is 1.40 bits per heavy atom. The van der Waals surface area contributed by atoms with Crippen LogP contribution in [-0.4, -0.2) is 43.1 Å². The number of rotatable bonds is 2. The maximum absolute atomic E-state index is 12.4. The SMILES string of the molecule is COC(=O)NC1CCN(C(=O)c2cc(C)cc(N)c2)C1. The van der Waals surface area contributed by atoms with Crippen molar-refractivity contribution in [2.24, 2.45) is 0 Å². The van der Waals surface area contributed by atoms with Crippen molar-refractivity contribution in [1.29, 1.82) is 0 Å². The third-order valence-electron chi connectivity index (χ3n) is 3.33. The summed E-state index contributed by atoms with van der Waals surface area (Å²) in [6.07, 6.45) is 0.256. The molecule has 1 aliphatic heterocycles. The predicted molar refractivity (Wildman–Crippen MR) is 75.4 cm³/mol. The van der Waals surface area contributed by atoms with Crippen molar-refractivity contribution in [3.8, 4) is 0 Å². The van der Waals surface area contributed by atoms with Crippen LogP contribution < -0.4 is 11.1 Å². The Hall–Kier alpha value is -2.24. The Bertz CT molecular complexity index is 510. The molecule has 1 fully saturated rings. The van der Waals surface area contributed by atoms with E-state index in [0.29, 0.717) is 24.3 Å². The number of nitrogens with one attached hydrogen (secondary N) is 1. The normalized spacial score (nSPS) is 17.9. The monoisotopic (exact) mass is 277 g/mol. The molecule has 3 N–H and O–H groups in total. The summed E-state index contributed by atoms with van der Waals surface area (Å²) in [6.45, 7) is 3.00. The van der Waals surface area contributed by atoms with E-state index >= 15 is 0 Å². The van der Waals surface area contributed by atoms with E-state index in [9.17, 15) is 9.59 Å². The Kier molecular flexibility index (Phi) is 4.12. The minimum absolute atomic E-state index is 0.0606. The van der Waals surface area contributed by atoms with Crippen LogP contribution in [0.15, 0.2) is 18.2 Å². The van der Waals surface area contributed by atoms with Gasteiger partial charge in [0.2, 0.25) is 0 Å². The van der Waals surface area contributed by atoms with E-state index in [-0.39, 0.29) is 11.9 Å². The number of methoxy groups -OCH3 is 1. The number of nitrogen functional groups attached to an aromatic ring is 1. The van der Waals surface area contributed by atoms with Crippen molar-refractivity contribution >= 4 is 17.7 Å². The molecule has 1 aromatic carbocycles. The van der Waals surface area contributed by atoms with E-state index in [1.54, 1.807) is 11.0 Å². The number of benzene rings is 1. The molecule has 1 aliphatic rings. The smallest absolute Gasteiger partial charge is 0.407 e. The van der Waals surface area contributed by atoms with Crippen LogP contribution in [-0.2, 0) is 4.74 Å². The summed E-state index contributed by atoms with van der Waals surface area (Å²) in [4.78, 5) is 25.2. The quantitative estimate of drug-likeness (QED) is 0.794. The second kappa shape index (κ2) is 5.81. The van der Waals surface area contributed by atoms with Crippen molar-refractivity contribution in [2.75, 3.05) is 25.9 Å². The fraction of sp³-hybridized carbons (Fsp3) is 0.429. The molecule has 0 aromatic heterocycles. The third-order valence-corrected chi connectivity index (χ3v) is 3.33. The van der Waals surface area contributed by atoms with Gasteiger partial charge in [0, 0.05) is 24.3 Å². The maximum atomic E-state index is 12.4. The van der Waals surface area contributed by atoms with E-state index in [4.69, 9.17) is 5.73 Å². The lowest BCUT2D eigenvalue weighted by Crippen LogP contribution is -2.38. The van der Waals surface area contributed by atoms with Crippen molar-refractivity contribution in [2.45, 2.75) is 19.4 Å². The third kappa shape index (κ3) is 3.20. The van der Waals surface area contributed by atoms with Crippen LogP contribution in [0.1, 0.15) is 22.3 Å². The number of hydrogen-bond donors (Lipinski definition) is 2. The van der Waals surface area contributed by atoms with Gasteiger partial charge in [0.1, 0.15) is 0 Å². The zero-order valence-corrected chi connectivity index (χ0v) is 11.7. The van der Waals surface area contributed by atoms with Crippen LogP contribution in [0.3, 0.4) is 0 Å². The van der Waals surface area contributed by atoms with Gasteiger partial charge in [-0.25, -0.2) is 4.79 Å². The van der Waals surface area contributed by atoms with Gasteiger partial charge in [-0.05, 0) is 37.1 Å². The number of carbonyl (C=O) groups is 2. The lowest BCUT2D eigenvalue weighted by Gasteiger charge is -2.17. The number of amides is 2. The summed E-state index contributed by atoms with van der Waals surface area (Å²) >= 11 is 0. The van der Waals surface area contributed by atoms with Gasteiger partial charge >= 0.3 is 6.09 Å². The van der Waals surface area contributed by atoms with E-state index in [1.165, 1.54) is 7.11 Å². The Labute approximate surface area is 117 Å². The average molecular weight is 277 g/mol. The number of nitrogens with two attached hydrogens (primary N) is 1. The molecule has 0 spiro atoms. The molecule has 1 unspecified atom stereocenters. The zero-order valence-electron chi connectivity index (χ0n) is 11.7. The van der Waals surface area contributed by atoms with Gasteiger partial charge in [-0.1, -0.05) is 0 Å². The van der Waals surface area contributed by atoms with Crippen LogP contribution in [0.5, 0.6) is 0 Å². The molecule has 1 heterocycles. The molecule has 2 amide bonds. The van der Waals surface area contributed by atoms with Crippen molar-refractivity contribution in [3.63, 3.8) is 0 Å². The molecular formula is C14H19N3O3. The Balaban J connectivity index is 2.02. The molecule has 6 nitrogen and oxygen atoms in total.